The highest BCUT2D eigenvalue weighted by atomic mass is 79.9. The highest BCUT2D eigenvalue weighted by Crippen LogP contribution is 2.34. The molecule has 2 N–H and O–H groups in total. The van der Waals surface area contributed by atoms with Crippen LogP contribution in [-0.2, 0) is 4.74 Å². The Morgan fingerprint density at radius 3 is 2.95 bits per heavy atom. The number of piperidine rings is 1. The summed E-state index contributed by atoms with van der Waals surface area (Å²) < 4.78 is 6.50. The molecule has 1 fully saturated rings. The lowest BCUT2D eigenvalue weighted by molar-refractivity contribution is 0.0628. The van der Waals surface area contributed by atoms with Crippen molar-refractivity contribution in [3.8, 4) is 0 Å². The second-order valence-electron chi connectivity index (χ2n) is 5.40. The Labute approximate surface area is 128 Å². The maximum Gasteiger partial charge on any atom is 0.0702 e. The average molecular weight is 347 g/mol. The van der Waals surface area contributed by atoms with Crippen molar-refractivity contribution in [1.29, 1.82) is 0 Å². The molecular weight excluding hydrogens is 324 g/mol. The molecule has 5 heteroatoms. The minimum atomic E-state index is 0.145. The first kappa shape index (κ1) is 15.4. The molecule has 0 amide bonds. The second kappa shape index (κ2) is 7.18. The average Bonchev–Trinajstić information content (AvgIpc) is 2.76. The van der Waals surface area contributed by atoms with E-state index in [-0.39, 0.29) is 6.04 Å². The van der Waals surface area contributed by atoms with Gasteiger partial charge in [0.2, 0.25) is 0 Å². The fourth-order valence-corrected chi connectivity index (χ4v) is 4.66. The molecule has 1 aromatic heterocycles. The third-order valence-corrected chi connectivity index (χ3v) is 5.42. The van der Waals surface area contributed by atoms with Gasteiger partial charge in [0.15, 0.2) is 0 Å². The van der Waals surface area contributed by atoms with Crippen molar-refractivity contribution in [2.75, 3.05) is 26.8 Å². The number of ether oxygens (including phenoxy) is 1. The zero-order chi connectivity index (χ0) is 13.8. The number of thiophene rings is 1. The van der Waals surface area contributed by atoms with Crippen LogP contribution in [0.5, 0.6) is 0 Å². The summed E-state index contributed by atoms with van der Waals surface area (Å²) in [6, 6.07) is 4.79. The number of nitrogens with two attached hydrogens (primary N) is 1. The Bertz CT molecular complexity index is 395. The normalized spacial score (nSPS) is 24.3. The number of halogens is 1. The van der Waals surface area contributed by atoms with Gasteiger partial charge < -0.3 is 10.5 Å². The minimum Gasteiger partial charge on any atom is -0.384 e. The van der Waals surface area contributed by atoms with Crippen LogP contribution in [0.1, 0.15) is 30.7 Å². The summed E-state index contributed by atoms with van der Waals surface area (Å²) in [5, 5.41) is 0. The van der Waals surface area contributed by atoms with Crippen LogP contribution in [-0.4, -0.2) is 37.7 Å². The molecule has 0 spiro atoms. The number of likely N-dealkylation sites (tertiary alicyclic amines) is 1. The van der Waals surface area contributed by atoms with Crippen LogP contribution in [0, 0.1) is 5.92 Å². The third kappa shape index (κ3) is 4.02. The molecule has 0 bridgehead atoms. The molecule has 3 atom stereocenters. The zero-order valence-corrected chi connectivity index (χ0v) is 14.0. The standard InChI is InChI=1S/C14H23BrN2OS/c1-10(16)14(12-5-6-13(15)19-12)17-7-3-4-11(8-17)9-18-2/h5-6,10-11,14H,3-4,7-9,16H2,1-2H3. The number of rotatable bonds is 5. The van der Waals surface area contributed by atoms with E-state index in [0.29, 0.717) is 12.0 Å². The fourth-order valence-electron chi connectivity index (χ4n) is 2.98. The molecule has 3 unspecified atom stereocenters. The van der Waals surface area contributed by atoms with Gasteiger partial charge in [-0.3, -0.25) is 4.90 Å². The van der Waals surface area contributed by atoms with Crippen LogP contribution in [0.4, 0.5) is 0 Å². The van der Waals surface area contributed by atoms with Crippen molar-refractivity contribution in [2.24, 2.45) is 11.7 Å². The molecule has 0 aromatic carbocycles. The van der Waals surface area contributed by atoms with Crippen molar-refractivity contribution in [2.45, 2.75) is 31.8 Å². The lowest BCUT2D eigenvalue weighted by Gasteiger charge is -2.39. The molecule has 0 aliphatic carbocycles. The number of hydrogen-bond acceptors (Lipinski definition) is 4. The Hall–Kier alpha value is 0.0600. The predicted molar refractivity (Wildman–Crippen MR) is 84.6 cm³/mol. The van der Waals surface area contributed by atoms with E-state index >= 15 is 0 Å². The molecule has 3 nitrogen and oxygen atoms in total. The first-order valence-corrected chi connectivity index (χ1v) is 8.46. The highest BCUT2D eigenvalue weighted by Gasteiger charge is 2.30. The topological polar surface area (TPSA) is 38.5 Å². The molecule has 2 heterocycles. The van der Waals surface area contributed by atoms with E-state index in [9.17, 15) is 0 Å². The van der Waals surface area contributed by atoms with E-state index in [1.54, 1.807) is 18.4 Å². The lowest BCUT2D eigenvalue weighted by Crippen LogP contribution is -2.45. The number of hydrogen-bond donors (Lipinski definition) is 1. The maximum absolute atomic E-state index is 6.25. The first-order chi connectivity index (χ1) is 9.11. The molecule has 2 rings (SSSR count). The third-order valence-electron chi connectivity index (χ3n) is 3.73. The van der Waals surface area contributed by atoms with Crippen molar-refractivity contribution in [3.05, 3.63) is 20.8 Å². The van der Waals surface area contributed by atoms with Crippen molar-refractivity contribution < 1.29 is 4.74 Å². The summed E-state index contributed by atoms with van der Waals surface area (Å²) in [5.74, 6) is 0.642. The van der Waals surface area contributed by atoms with Gasteiger partial charge in [-0.2, -0.15) is 0 Å². The van der Waals surface area contributed by atoms with Gasteiger partial charge in [-0.1, -0.05) is 0 Å². The fraction of sp³-hybridized carbons (Fsp3) is 0.714. The molecule has 1 aliphatic heterocycles. The Kier molecular flexibility index (Phi) is 5.84. The van der Waals surface area contributed by atoms with E-state index in [1.807, 2.05) is 0 Å². The highest BCUT2D eigenvalue weighted by molar-refractivity contribution is 9.11. The van der Waals surface area contributed by atoms with Gasteiger partial charge in [0, 0.05) is 24.6 Å². The van der Waals surface area contributed by atoms with Crippen LogP contribution in [0.25, 0.3) is 0 Å². The molecule has 0 saturated carbocycles. The number of nitrogens with zero attached hydrogens (tertiary/aromatic N) is 1. The maximum atomic E-state index is 6.25. The van der Waals surface area contributed by atoms with Crippen LogP contribution in [0.2, 0.25) is 0 Å². The molecule has 0 radical (unpaired) electrons. The van der Waals surface area contributed by atoms with E-state index in [1.165, 1.54) is 21.5 Å². The molecule has 108 valence electrons. The largest absolute Gasteiger partial charge is 0.384 e. The summed E-state index contributed by atoms with van der Waals surface area (Å²) >= 11 is 5.35. The smallest absolute Gasteiger partial charge is 0.0702 e. The van der Waals surface area contributed by atoms with Gasteiger partial charge in [0.05, 0.1) is 16.4 Å². The van der Waals surface area contributed by atoms with Gasteiger partial charge in [-0.15, -0.1) is 11.3 Å². The predicted octanol–water partition coefficient (Wildman–Crippen LogP) is 3.26. The van der Waals surface area contributed by atoms with E-state index in [4.69, 9.17) is 10.5 Å². The van der Waals surface area contributed by atoms with E-state index < -0.39 is 0 Å². The van der Waals surface area contributed by atoms with Gasteiger partial charge in [-0.25, -0.2) is 0 Å². The van der Waals surface area contributed by atoms with Crippen molar-refractivity contribution in [3.63, 3.8) is 0 Å². The van der Waals surface area contributed by atoms with Gasteiger partial charge in [-0.05, 0) is 60.3 Å². The summed E-state index contributed by atoms with van der Waals surface area (Å²) in [4.78, 5) is 3.90. The SMILES string of the molecule is COCC1CCCN(C(c2ccc(Br)s2)C(C)N)C1. The van der Waals surface area contributed by atoms with Gasteiger partial charge in [0.1, 0.15) is 0 Å². The lowest BCUT2D eigenvalue weighted by atomic mass is 9.95. The molecular formula is C14H23BrN2OS. The summed E-state index contributed by atoms with van der Waals surface area (Å²) in [7, 11) is 1.79. The molecule has 1 saturated heterocycles. The Morgan fingerprint density at radius 2 is 2.37 bits per heavy atom. The zero-order valence-electron chi connectivity index (χ0n) is 11.6. The monoisotopic (exact) mass is 346 g/mol. The Morgan fingerprint density at radius 1 is 1.58 bits per heavy atom. The minimum absolute atomic E-state index is 0.145. The van der Waals surface area contributed by atoms with Crippen molar-refractivity contribution in [1.82, 2.24) is 4.90 Å². The quantitative estimate of drug-likeness (QED) is 0.889. The summed E-state index contributed by atoms with van der Waals surface area (Å²) in [5.41, 5.74) is 6.25. The van der Waals surface area contributed by atoms with E-state index in [2.05, 4.69) is 39.9 Å². The summed E-state index contributed by atoms with van der Waals surface area (Å²) in [6.07, 6.45) is 2.51. The van der Waals surface area contributed by atoms with Crippen LogP contribution in [0.15, 0.2) is 15.9 Å². The Balaban J connectivity index is 2.10. The van der Waals surface area contributed by atoms with Gasteiger partial charge in [0.25, 0.3) is 0 Å². The van der Waals surface area contributed by atoms with Gasteiger partial charge >= 0.3 is 0 Å². The van der Waals surface area contributed by atoms with Crippen LogP contribution < -0.4 is 5.73 Å². The number of methoxy groups -OCH3 is 1. The summed E-state index contributed by atoms with van der Waals surface area (Å²) in [6.45, 7) is 5.20. The van der Waals surface area contributed by atoms with E-state index in [0.717, 1.165) is 19.7 Å². The molecule has 1 aromatic rings. The van der Waals surface area contributed by atoms with Crippen LogP contribution in [0.3, 0.4) is 0 Å². The first-order valence-electron chi connectivity index (χ1n) is 6.85. The van der Waals surface area contributed by atoms with Crippen molar-refractivity contribution >= 4 is 27.3 Å². The molecule has 1 aliphatic rings. The molecule has 19 heavy (non-hydrogen) atoms. The second-order valence-corrected chi connectivity index (χ2v) is 7.90. The van der Waals surface area contributed by atoms with Crippen LogP contribution >= 0.6 is 27.3 Å².